The van der Waals surface area contributed by atoms with Gasteiger partial charge in [0, 0.05) is 6.54 Å². The van der Waals surface area contributed by atoms with E-state index >= 15 is 0 Å². The third-order valence-corrected chi connectivity index (χ3v) is 3.65. The number of carbonyl (C=O) groups is 1. The summed E-state index contributed by atoms with van der Waals surface area (Å²) < 4.78 is 4.76. The lowest BCUT2D eigenvalue weighted by molar-refractivity contribution is 0.0599. The number of nitrogens with zero attached hydrogens (tertiary/aromatic N) is 2. The summed E-state index contributed by atoms with van der Waals surface area (Å²) in [6.07, 6.45) is 0.873. The Morgan fingerprint density at radius 2 is 2.16 bits per heavy atom. The number of ether oxygens (including phenoxy) is 1. The van der Waals surface area contributed by atoms with Crippen LogP contribution in [0.4, 0.5) is 5.13 Å². The third-order valence-electron chi connectivity index (χ3n) is 2.62. The smallest absolute Gasteiger partial charge is 0.338 e. The molecule has 0 fully saturated rings. The largest absolute Gasteiger partial charge is 0.465 e. The summed E-state index contributed by atoms with van der Waals surface area (Å²) in [5.41, 5.74) is 1.44. The Morgan fingerprint density at radius 3 is 2.84 bits per heavy atom. The van der Waals surface area contributed by atoms with E-state index in [0.29, 0.717) is 12.1 Å². The van der Waals surface area contributed by atoms with Crippen LogP contribution >= 0.6 is 11.3 Å². The predicted octanol–water partition coefficient (Wildman–Crippen LogP) is 2.50. The van der Waals surface area contributed by atoms with Crippen LogP contribution in [0.3, 0.4) is 0 Å². The minimum absolute atomic E-state index is 0.330. The molecule has 0 aliphatic rings. The van der Waals surface area contributed by atoms with Crippen LogP contribution in [0.15, 0.2) is 24.3 Å². The first-order valence-corrected chi connectivity index (χ1v) is 6.78. The van der Waals surface area contributed by atoms with Crippen molar-refractivity contribution in [1.82, 2.24) is 10.2 Å². The van der Waals surface area contributed by atoms with E-state index in [-0.39, 0.29) is 5.97 Å². The van der Waals surface area contributed by atoms with E-state index in [4.69, 9.17) is 4.74 Å². The Morgan fingerprint density at radius 1 is 1.37 bits per heavy atom. The quantitative estimate of drug-likeness (QED) is 0.851. The Hall–Kier alpha value is -1.95. The fourth-order valence-corrected chi connectivity index (χ4v) is 2.30. The highest BCUT2D eigenvalue weighted by atomic mass is 32.1. The molecule has 0 spiro atoms. The molecule has 0 amide bonds. The zero-order valence-electron chi connectivity index (χ0n) is 10.8. The standard InChI is InChI=1S/C13H15N3O2S/c1-3-11-15-16-13(19-11)14-8-9-6-4-5-7-10(9)12(17)18-2/h4-7H,3,8H2,1-2H3,(H,14,16). The number of aromatic nitrogens is 2. The van der Waals surface area contributed by atoms with Crippen molar-refractivity contribution < 1.29 is 9.53 Å². The molecule has 1 heterocycles. The first kappa shape index (κ1) is 13.5. The maximum atomic E-state index is 11.6. The van der Waals surface area contributed by atoms with Gasteiger partial charge in [-0.3, -0.25) is 0 Å². The van der Waals surface area contributed by atoms with Gasteiger partial charge in [-0.1, -0.05) is 36.5 Å². The van der Waals surface area contributed by atoms with E-state index in [9.17, 15) is 4.79 Å². The number of carbonyl (C=O) groups excluding carboxylic acids is 1. The minimum atomic E-state index is -0.330. The molecular weight excluding hydrogens is 262 g/mol. The Balaban J connectivity index is 2.08. The number of hydrogen-bond acceptors (Lipinski definition) is 6. The van der Waals surface area contributed by atoms with Crippen molar-refractivity contribution >= 4 is 22.4 Å². The van der Waals surface area contributed by atoms with E-state index < -0.39 is 0 Å². The number of hydrogen-bond donors (Lipinski definition) is 1. The molecule has 0 aliphatic carbocycles. The number of methoxy groups -OCH3 is 1. The van der Waals surface area contributed by atoms with E-state index in [2.05, 4.69) is 15.5 Å². The molecule has 5 nitrogen and oxygen atoms in total. The molecule has 2 aromatic rings. The molecule has 2 rings (SSSR count). The number of benzene rings is 1. The van der Waals surface area contributed by atoms with Crippen LogP contribution in [0.5, 0.6) is 0 Å². The van der Waals surface area contributed by atoms with Crippen LogP contribution in [-0.2, 0) is 17.7 Å². The minimum Gasteiger partial charge on any atom is -0.465 e. The van der Waals surface area contributed by atoms with E-state index in [1.807, 2.05) is 25.1 Å². The number of aryl methyl sites for hydroxylation is 1. The van der Waals surface area contributed by atoms with Crippen LogP contribution in [0, 0.1) is 0 Å². The first-order chi connectivity index (χ1) is 9.24. The molecule has 0 saturated heterocycles. The zero-order chi connectivity index (χ0) is 13.7. The Kier molecular flexibility index (Phi) is 4.46. The fraction of sp³-hybridized carbons (Fsp3) is 0.308. The average molecular weight is 277 g/mol. The van der Waals surface area contributed by atoms with Gasteiger partial charge in [-0.25, -0.2) is 4.79 Å². The molecule has 1 aromatic heterocycles. The van der Waals surface area contributed by atoms with Crippen molar-refractivity contribution in [2.45, 2.75) is 19.9 Å². The number of nitrogens with one attached hydrogen (secondary N) is 1. The van der Waals surface area contributed by atoms with Crippen molar-refractivity contribution in [2.24, 2.45) is 0 Å². The topological polar surface area (TPSA) is 64.1 Å². The summed E-state index contributed by atoms with van der Waals surface area (Å²) in [5, 5.41) is 13.0. The lowest BCUT2D eigenvalue weighted by Gasteiger charge is -2.07. The van der Waals surface area contributed by atoms with Crippen molar-refractivity contribution in [1.29, 1.82) is 0 Å². The van der Waals surface area contributed by atoms with Gasteiger partial charge in [0.1, 0.15) is 5.01 Å². The predicted molar refractivity (Wildman–Crippen MR) is 74.4 cm³/mol. The molecule has 0 saturated carbocycles. The molecule has 100 valence electrons. The number of rotatable bonds is 5. The van der Waals surface area contributed by atoms with Crippen LogP contribution in [0.25, 0.3) is 0 Å². The van der Waals surface area contributed by atoms with Crippen LogP contribution in [0.1, 0.15) is 27.9 Å². The molecule has 0 atom stereocenters. The monoisotopic (exact) mass is 277 g/mol. The van der Waals surface area contributed by atoms with Gasteiger partial charge in [0.05, 0.1) is 12.7 Å². The van der Waals surface area contributed by atoms with Crippen molar-refractivity contribution in [2.75, 3.05) is 12.4 Å². The third kappa shape index (κ3) is 3.29. The first-order valence-electron chi connectivity index (χ1n) is 5.97. The molecule has 0 unspecified atom stereocenters. The van der Waals surface area contributed by atoms with Gasteiger partial charge in [-0.2, -0.15) is 0 Å². The molecule has 0 aliphatic heterocycles. The summed E-state index contributed by atoms with van der Waals surface area (Å²) >= 11 is 1.52. The fourth-order valence-electron chi connectivity index (χ4n) is 1.62. The van der Waals surface area contributed by atoms with Gasteiger partial charge in [0.15, 0.2) is 0 Å². The van der Waals surface area contributed by atoms with Crippen molar-refractivity contribution in [3.05, 3.63) is 40.4 Å². The molecular formula is C13H15N3O2S. The lowest BCUT2D eigenvalue weighted by atomic mass is 10.1. The average Bonchev–Trinajstić information content (AvgIpc) is 2.92. The summed E-state index contributed by atoms with van der Waals surface area (Å²) in [7, 11) is 1.38. The molecule has 6 heteroatoms. The Labute approximate surface area is 115 Å². The zero-order valence-corrected chi connectivity index (χ0v) is 11.7. The molecule has 1 aromatic carbocycles. The summed E-state index contributed by atoms with van der Waals surface area (Å²) in [6.45, 7) is 2.56. The van der Waals surface area contributed by atoms with Gasteiger partial charge in [-0.05, 0) is 18.1 Å². The number of esters is 1. The van der Waals surface area contributed by atoms with Crippen LogP contribution < -0.4 is 5.32 Å². The summed E-state index contributed by atoms with van der Waals surface area (Å²) in [4.78, 5) is 11.6. The van der Waals surface area contributed by atoms with Crippen molar-refractivity contribution in [3.63, 3.8) is 0 Å². The maximum Gasteiger partial charge on any atom is 0.338 e. The SMILES string of the molecule is CCc1nnc(NCc2ccccc2C(=O)OC)s1. The molecule has 0 radical (unpaired) electrons. The van der Waals surface area contributed by atoms with Gasteiger partial charge < -0.3 is 10.1 Å². The second-order valence-corrected chi connectivity index (χ2v) is 4.92. The van der Waals surface area contributed by atoms with E-state index in [0.717, 1.165) is 22.1 Å². The number of anilines is 1. The second-order valence-electron chi connectivity index (χ2n) is 3.86. The van der Waals surface area contributed by atoms with E-state index in [1.165, 1.54) is 18.4 Å². The maximum absolute atomic E-state index is 11.6. The highest BCUT2D eigenvalue weighted by Crippen LogP contribution is 2.17. The molecule has 0 bridgehead atoms. The van der Waals surface area contributed by atoms with Gasteiger partial charge in [0.25, 0.3) is 0 Å². The van der Waals surface area contributed by atoms with Gasteiger partial charge in [0.2, 0.25) is 5.13 Å². The molecule has 19 heavy (non-hydrogen) atoms. The highest BCUT2D eigenvalue weighted by molar-refractivity contribution is 7.15. The van der Waals surface area contributed by atoms with Crippen molar-refractivity contribution in [3.8, 4) is 0 Å². The lowest BCUT2D eigenvalue weighted by Crippen LogP contribution is -2.08. The second kappa shape index (κ2) is 6.29. The highest BCUT2D eigenvalue weighted by Gasteiger charge is 2.11. The normalized spacial score (nSPS) is 10.2. The summed E-state index contributed by atoms with van der Waals surface area (Å²) in [5.74, 6) is -0.330. The van der Waals surface area contributed by atoms with Crippen LogP contribution in [-0.4, -0.2) is 23.3 Å². The van der Waals surface area contributed by atoms with Gasteiger partial charge in [-0.15, -0.1) is 10.2 Å². The Bertz CT molecular complexity index is 569. The van der Waals surface area contributed by atoms with E-state index in [1.54, 1.807) is 6.07 Å². The summed E-state index contributed by atoms with van der Waals surface area (Å²) in [6, 6.07) is 7.35. The van der Waals surface area contributed by atoms with Gasteiger partial charge >= 0.3 is 5.97 Å². The molecule has 1 N–H and O–H groups in total. The van der Waals surface area contributed by atoms with Crippen LogP contribution in [0.2, 0.25) is 0 Å².